The van der Waals surface area contributed by atoms with Crippen LogP contribution in [-0.4, -0.2) is 44.5 Å². The molecule has 0 fully saturated rings. The molecule has 0 atom stereocenters. The second kappa shape index (κ2) is 8.44. The maximum absolute atomic E-state index is 5.89. The average Bonchev–Trinajstić information content (AvgIpc) is 2.85. The smallest absolute Gasteiger partial charge is 0.245 e. The molecule has 5 nitrogen and oxygen atoms in total. The third-order valence-corrected chi connectivity index (χ3v) is 4.21. The molecule has 0 saturated carbocycles. The number of aryl methyl sites for hydroxylation is 2. The van der Waals surface area contributed by atoms with Gasteiger partial charge in [0.2, 0.25) is 5.88 Å². The largest absolute Gasteiger partial charge is 0.479 e. The number of halogens is 1. The molecule has 0 N–H and O–H groups in total. The van der Waals surface area contributed by atoms with E-state index < -0.39 is 0 Å². The number of hydrogen-bond donors (Lipinski definition) is 0. The van der Waals surface area contributed by atoms with E-state index in [1.54, 1.807) is 7.11 Å². The molecule has 0 bridgehead atoms. The van der Waals surface area contributed by atoms with Gasteiger partial charge < -0.3 is 9.30 Å². The van der Waals surface area contributed by atoms with Gasteiger partial charge in [0.05, 0.1) is 7.11 Å². The summed E-state index contributed by atoms with van der Waals surface area (Å²) in [5.41, 5.74) is 1.57. The first-order valence-electron chi connectivity index (χ1n) is 7.10. The number of ether oxygens (including phenoxy) is 1. The Kier molecular flexibility index (Phi) is 6.57. The van der Waals surface area contributed by atoms with Crippen LogP contribution >= 0.6 is 23.4 Å². The Morgan fingerprint density at radius 2 is 2.14 bits per heavy atom. The van der Waals surface area contributed by atoms with Crippen LogP contribution in [0.25, 0.3) is 11.2 Å². The number of thioether (sulfide) groups is 1. The number of unbranched alkanes of at least 4 members (excludes halogenated alkanes) is 2. The lowest BCUT2D eigenvalue weighted by Crippen LogP contribution is -2.06. The molecule has 0 aromatic carbocycles. The lowest BCUT2D eigenvalue weighted by molar-refractivity contribution is 0.401. The van der Waals surface area contributed by atoms with Gasteiger partial charge in [-0.05, 0) is 24.9 Å². The summed E-state index contributed by atoms with van der Waals surface area (Å²) in [5.74, 6) is 3.25. The van der Waals surface area contributed by atoms with Gasteiger partial charge >= 0.3 is 0 Å². The topological polar surface area (TPSA) is 52.8 Å². The molecule has 116 valence electrons. The Bertz CT molecular complexity index is 575. The van der Waals surface area contributed by atoms with Gasteiger partial charge in [0, 0.05) is 18.8 Å². The van der Waals surface area contributed by atoms with Gasteiger partial charge in [-0.3, -0.25) is 0 Å². The highest BCUT2D eigenvalue weighted by molar-refractivity contribution is 7.98. The monoisotopic (exact) mass is 328 g/mol. The average molecular weight is 329 g/mol. The number of imidazole rings is 1. The highest BCUT2D eigenvalue weighted by atomic mass is 35.5. The number of hydrogen-bond acceptors (Lipinski definition) is 5. The Morgan fingerprint density at radius 1 is 1.29 bits per heavy atom. The summed E-state index contributed by atoms with van der Waals surface area (Å²) in [6.45, 7) is 0.914. The summed E-state index contributed by atoms with van der Waals surface area (Å²) in [7, 11) is 1.60. The van der Waals surface area contributed by atoms with Gasteiger partial charge in [-0.1, -0.05) is 6.42 Å². The number of nitrogens with zero attached hydrogens (tertiary/aromatic N) is 4. The lowest BCUT2D eigenvalue weighted by atomic mass is 10.2. The molecule has 0 aliphatic carbocycles. The Labute approximate surface area is 134 Å². The lowest BCUT2D eigenvalue weighted by Gasteiger charge is -2.07. The van der Waals surface area contributed by atoms with Crippen molar-refractivity contribution in [1.29, 1.82) is 0 Å². The van der Waals surface area contributed by atoms with Crippen LogP contribution in [0.5, 0.6) is 5.88 Å². The molecule has 2 rings (SSSR count). The van der Waals surface area contributed by atoms with E-state index in [-0.39, 0.29) is 0 Å². The van der Waals surface area contributed by atoms with Gasteiger partial charge in [0.15, 0.2) is 11.2 Å². The van der Waals surface area contributed by atoms with Crippen LogP contribution in [0.2, 0.25) is 0 Å². The minimum Gasteiger partial charge on any atom is -0.479 e. The minimum atomic E-state index is 0.525. The van der Waals surface area contributed by atoms with E-state index in [9.17, 15) is 0 Å². The molecular weight excluding hydrogens is 308 g/mol. The summed E-state index contributed by atoms with van der Waals surface area (Å²) >= 11 is 7.78. The predicted molar refractivity (Wildman–Crippen MR) is 88.5 cm³/mol. The van der Waals surface area contributed by atoms with Crippen molar-refractivity contribution >= 4 is 34.5 Å². The fourth-order valence-electron chi connectivity index (χ4n) is 2.31. The fraction of sp³-hybridized carbons (Fsp3) is 0.643. The van der Waals surface area contributed by atoms with E-state index in [1.165, 1.54) is 24.9 Å². The van der Waals surface area contributed by atoms with Crippen LogP contribution in [-0.2, 0) is 13.0 Å². The van der Waals surface area contributed by atoms with Crippen LogP contribution < -0.4 is 4.74 Å². The van der Waals surface area contributed by atoms with Crippen molar-refractivity contribution in [3.8, 4) is 5.88 Å². The van der Waals surface area contributed by atoms with Gasteiger partial charge in [-0.15, -0.1) is 11.6 Å². The summed E-state index contributed by atoms with van der Waals surface area (Å²) < 4.78 is 7.42. The fourth-order valence-corrected chi connectivity index (χ4v) is 2.98. The molecule has 0 radical (unpaired) electrons. The molecule has 21 heavy (non-hydrogen) atoms. The summed E-state index contributed by atoms with van der Waals surface area (Å²) in [4.78, 5) is 13.1. The SMILES string of the molecule is COc1ncnc2c1nc(CCCl)n2CCCCCSC. The van der Waals surface area contributed by atoms with Crippen LogP contribution in [0.15, 0.2) is 6.33 Å². The van der Waals surface area contributed by atoms with Gasteiger partial charge in [0.25, 0.3) is 0 Å². The first-order chi connectivity index (χ1) is 10.3. The molecule has 7 heteroatoms. The summed E-state index contributed by atoms with van der Waals surface area (Å²) in [6.07, 6.45) is 7.97. The quantitative estimate of drug-likeness (QED) is 0.523. The number of rotatable bonds is 9. The number of fused-ring (bicyclic) bond motifs is 1. The van der Waals surface area contributed by atoms with E-state index >= 15 is 0 Å². The molecule has 0 aliphatic heterocycles. The van der Waals surface area contributed by atoms with Crippen molar-refractivity contribution in [3.05, 3.63) is 12.2 Å². The highest BCUT2D eigenvalue weighted by Crippen LogP contribution is 2.22. The molecular formula is C14H21ClN4OS. The van der Waals surface area contributed by atoms with E-state index in [1.807, 2.05) is 11.8 Å². The van der Waals surface area contributed by atoms with Crippen molar-refractivity contribution in [2.75, 3.05) is 25.0 Å². The van der Waals surface area contributed by atoms with Crippen LogP contribution in [0.1, 0.15) is 25.1 Å². The third kappa shape index (κ3) is 4.01. The van der Waals surface area contributed by atoms with Crippen molar-refractivity contribution in [2.24, 2.45) is 0 Å². The van der Waals surface area contributed by atoms with E-state index in [2.05, 4.69) is 25.8 Å². The third-order valence-electron chi connectivity index (χ3n) is 3.32. The van der Waals surface area contributed by atoms with Crippen LogP contribution in [0, 0.1) is 0 Å². The second-order valence-corrected chi connectivity index (χ2v) is 6.09. The second-order valence-electron chi connectivity index (χ2n) is 4.73. The summed E-state index contributed by atoms with van der Waals surface area (Å²) in [6, 6.07) is 0. The van der Waals surface area contributed by atoms with E-state index in [0.717, 1.165) is 36.4 Å². The zero-order valence-electron chi connectivity index (χ0n) is 12.5. The molecule has 2 heterocycles. The Hall–Kier alpha value is -1.01. The number of methoxy groups -OCH3 is 1. The number of aromatic nitrogens is 4. The van der Waals surface area contributed by atoms with Gasteiger partial charge in [-0.25, -0.2) is 9.97 Å². The Morgan fingerprint density at radius 3 is 2.86 bits per heavy atom. The molecule has 0 spiro atoms. The van der Waals surface area contributed by atoms with Crippen molar-refractivity contribution in [3.63, 3.8) is 0 Å². The van der Waals surface area contributed by atoms with Crippen LogP contribution in [0.3, 0.4) is 0 Å². The minimum absolute atomic E-state index is 0.525. The molecule has 0 saturated heterocycles. The zero-order chi connectivity index (χ0) is 15.1. The molecule has 0 aliphatic rings. The maximum atomic E-state index is 5.89. The van der Waals surface area contributed by atoms with Crippen molar-refractivity contribution in [2.45, 2.75) is 32.2 Å². The molecule has 0 amide bonds. The first-order valence-corrected chi connectivity index (χ1v) is 9.03. The standard InChI is InChI=1S/C14H21ClN4OS/c1-20-14-12-13(16-10-17-14)19(11(18-12)6-7-15)8-4-3-5-9-21-2/h10H,3-9H2,1-2H3. The van der Waals surface area contributed by atoms with E-state index in [0.29, 0.717) is 11.8 Å². The zero-order valence-corrected chi connectivity index (χ0v) is 14.1. The maximum Gasteiger partial charge on any atom is 0.245 e. The van der Waals surface area contributed by atoms with Gasteiger partial charge in [0.1, 0.15) is 12.2 Å². The summed E-state index contributed by atoms with van der Waals surface area (Å²) in [5, 5.41) is 0. The first kappa shape index (κ1) is 16.4. The number of alkyl halides is 1. The highest BCUT2D eigenvalue weighted by Gasteiger charge is 2.15. The van der Waals surface area contributed by atoms with Crippen molar-refractivity contribution < 1.29 is 4.74 Å². The molecule has 2 aromatic rings. The molecule has 2 aromatic heterocycles. The van der Waals surface area contributed by atoms with Crippen molar-refractivity contribution in [1.82, 2.24) is 19.5 Å². The Balaban J connectivity index is 2.20. The molecule has 0 unspecified atom stereocenters. The predicted octanol–water partition coefficient (Wildman–Crippen LogP) is 3.15. The van der Waals surface area contributed by atoms with E-state index in [4.69, 9.17) is 16.3 Å². The van der Waals surface area contributed by atoms with Crippen LogP contribution in [0.4, 0.5) is 0 Å². The normalized spacial score (nSPS) is 11.2. The van der Waals surface area contributed by atoms with Gasteiger partial charge in [-0.2, -0.15) is 16.7 Å².